The van der Waals surface area contributed by atoms with Gasteiger partial charge in [-0.25, -0.2) is 9.18 Å². The smallest absolute Gasteiger partial charge is 0.235 e. The molecule has 1 aliphatic rings. The first kappa shape index (κ1) is 10.1. The minimum atomic E-state index is -0.944. The van der Waals surface area contributed by atoms with Crippen molar-refractivity contribution in [3.8, 4) is 5.75 Å². The molecule has 0 unspecified atom stereocenters. The van der Waals surface area contributed by atoms with Gasteiger partial charge in [0.25, 0.3) is 0 Å². The van der Waals surface area contributed by atoms with Crippen LogP contribution in [0.1, 0.15) is 18.4 Å². The molecule has 0 aliphatic heterocycles. The quantitative estimate of drug-likeness (QED) is 0.623. The zero-order valence-corrected chi connectivity index (χ0v) is 8.38. The van der Waals surface area contributed by atoms with E-state index in [1.165, 1.54) is 12.1 Å². The molecule has 0 aromatic heterocycles. The van der Waals surface area contributed by atoms with Crippen LogP contribution in [0.25, 0.3) is 0 Å². The molecule has 0 bridgehead atoms. The molecule has 1 fully saturated rings. The molecule has 3 nitrogen and oxygen atoms in total. The van der Waals surface area contributed by atoms with Gasteiger partial charge in [0.15, 0.2) is 0 Å². The molecule has 1 saturated carbocycles. The van der Waals surface area contributed by atoms with Gasteiger partial charge < -0.3 is 5.11 Å². The summed E-state index contributed by atoms with van der Waals surface area (Å²) in [6.07, 6.45) is 2.44. The molecule has 0 atom stereocenters. The van der Waals surface area contributed by atoms with Crippen molar-refractivity contribution in [3.05, 3.63) is 28.5 Å². The van der Waals surface area contributed by atoms with Crippen LogP contribution in [0.2, 0.25) is 5.02 Å². The molecule has 2 rings (SSSR count). The number of nitrogens with zero attached hydrogens (tertiary/aromatic N) is 1. The van der Waals surface area contributed by atoms with E-state index >= 15 is 0 Å². The standard InChI is InChI=1S/C10H7ClFNO2/c11-6-1-2-7(12)8(9(6)15)10(3-4-10)13-5-14/h1-2,15H,3-4H2. The Bertz CT molecular complexity index is 465. The maximum Gasteiger partial charge on any atom is 0.235 e. The molecular formula is C10H7ClFNO2. The van der Waals surface area contributed by atoms with E-state index in [2.05, 4.69) is 4.99 Å². The Kier molecular flexibility index (Phi) is 2.25. The third-order valence-electron chi connectivity index (χ3n) is 2.53. The van der Waals surface area contributed by atoms with Gasteiger partial charge in [-0.2, -0.15) is 4.99 Å². The molecule has 0 heterocycles. The molecule has 1 aliphatic carbocycles. The van der Waals surface area contributed by atoms with Gasteiger partial charge in [-0.3, -0.25) is 0 Å². The average Bonchev–Trinajstić information content (AvgIpc) is 2.94. The first-order valence-electron chi connectivity index (χ1n) is 4.37. The van der Waals surface area contributed by atoms with Crippen LogP contribution in [0.4, 0.5) is 4.39 Å². The highest BCUT2D eigenvalue weighted by atomic mass is 35.5. The Balaban J connectivity index is 2.62. The Morgan fingerprint density at radius 2 is 2.20 bits per heavy atom. The number of benzene rings is 1. The van der Waals surface area contributed by atoms with Gasteiger partial charge in [0, 0.05) is 0 Å². The lowest BCUT2D eigenvalue weighted by atomic mass is 10.0. The van der Waals surface area contributed by atoms with E-state index in [0.717, 1.165) is 6.07 Å². The number of halogens is 2. The van der Waals surface area contributed by atoms with Crippen molar-refractivity contribution in [2.45, 2.75) is 18.4 Å². The van der Waals surface area contributed by atoms with Gasteiger partial charge in [-0.15, -0.1) is 0 Å². The van der Waals surface area contributed by atoms with E-state index in [9.17, 15) is 14.3 Å². The number of aromatic hydroxyl groups is 1. The monoisotopic (exact) mass is 227 g/mol. The molecule has 0 amide bonds. The van der Waals surface area contributed by atoms with E-state index in [0.29, 0.717) is 12.8 Å². The van der Waals surface area contributed by atoms with Crippen molar-refractivity contribution < 1.29 is 14.3 Å². The van der Waals surface area contributed by atoms with E-state index < -0.39 is 11.4 Å². The van der Waals surface area contributed by atoms with Gasteiger partial charge in [-0.1, -0.05) is 11.6 Å². The van der Waals surface area contributed by atoms with Crippen molar-refractivity contribution in [1.82, 2.24) is 0 Å². The minimum Gasteiger partial charge on any atom is -0.506 e. The van der Waals surface area contributed by atoms with E-state index in [-0.39, 0.29) is 16.3 Å². The van der Waals surface area contributed by atoms with Crippen LogP contribution >= 0.6 is 11.6 Å². The lowest BCUT2D eigenvalue weighted by Crippen LogP contribution is -2.06. The highest BCUT2D eigenvalue weighted by Crippen LogP contribution is 2.54. The summed E-state index contributed by atoms with van der Waals surface area (Å²) < 4.78 is 13.5. The van der Waals surface area contributed by atoms with E-state index in [4.69, 9.17) is 11.6 Å². The van der Waals surface area contributed by atoms with Crippen LogP contribution < -0.4 is 0 Å². The molecule has 0 spiro atoms. The van der Waals surface area contributed by atoms with Crippen LogP contribution in [-0.4, -0.2) is 11.2 Å². The van der Waals surface area contributed by atoms with Crippen LogP contribution in [0, 0.1) is 5.82 Å². The summed E-state index contributed by atoms with van der Waals surface area (Å²) >= 11 is 5.66. The SMILES string of the molecule is O=C=NC1(c2c(F)ccc(Cl)c2O)CC1. The predicted octanol–water partition coefficient (Wildman–Crippen LogP) is 2.51. The van der Waals surface area contributed by atoms with Crippen LogP contribution in [0.5, 0.6) is 5.75 Å². The number of aliphatic imine (C=N–C) groups is 1. The molecule has 15 heavy (non-hydrogen) atoms. The summed E-state index contributed by atoms with van der Waals surface area (Å²) in [6.45, 7) is 0. The second-order valence-corrected chi connectivity index (χ2v) is 3.89. The maximum atomic E-state index is 13.5. The highest BCUT2D eigenvalue weighted by Gasteiger charge is 2.49. The average molecular weight is 228 g/mol. The fourth-order valence-electron chi connectivity index (χ4n) is 1.61. The lowest BCUT2D eigenvalue weighted by Gasteiger charge is -2.12. The Labute approximate surface area is 90.2 Å². The second-order valence-electron chi connectivity index (χ2n) is 3.49. The first-order valence-corrected chi connectivity index (χ1v) is 4.75. The van der Waals surface area contributed by atoms with Crippen LogP contribution in [0.3, 0.4) is 0 Å². The lowest BCUT2D eigenvalue weighted by molar-refractivity contribution is 0.446. The summed E-state index contributed by atoms with van der Waals surface area (Å²) in [4.78, 5) is 13.7. The van der Waals surface area contributed by atoms with Crippen molar-refractivity contribution in [2.24, 2.45) is 4.99 Å². The molecule has 78 valence electrons. The topological polar surface area (TPSA) is 49.7 Å². The number of phenols is 1. The molecule has 1 aromatic rings. The van der Waals surface area contributed by atoms with Gasteiger partial charge >= 0.3 is 0 Å². The van der Waals surface area contributed by atoms with Gasteiger partial charge in [-0.05, 0) is 25.0 Å². The van der Waals surface area contributed by atoms with E-state index in [1.54, 1.807) is 0 Å². The molecule has 0 radical (unpaired) electrons. The van der Waals surface area contributed by atoms with Crippen molar-refractivity contribution in [2.75, 3.05) is 0 Å². The zero-order valence-electron chi connectivity index (χ0n) is 7.63. The van der Waals surface area contributed by atoms with Gasteiger partial charge in [0.05, 0.1) is 10.6 Å². The fraction of sp³-hybridized carbons (Fsp3) is 0.300. The van der Waals surface area contributed by atoms with Gasteiger partial charge in [0.1, 0.15) is 17.1 Å². The van der Waals surface area contributed by atoms with E-state index in [1.807, 2.05) is 0 Å². The predicted molar refractivity (Wildman–Crippen MR) is 52.1 cm³/mol. The largest absolute Gasteiger partial charge is 0.506 e. The normalized spacial score (nSPS) is 16.9. The Morgan fingerprint density at radius 1 is 1.53 bits per heavy atom. The number of isocyanates is 1. The highest BCUT2D eigenvalue weighted by molar-refractivity contribution is 6.32. The summed E-state index contributed by atoms with van der Waals surface area (Å²) in [5.41, 5.74) is -0.945. The molecule has 1 aromatic carbocycles. The van der Waals surface area contributed by atoms with Crippen LogP contribution in [-0.2, 0) is 10.3 Å². The number of rotatable bonds is 2. The Morgan fingerprint density at radius 3 is 2.73 bits per heavy atom. The third-order valence-corrected chi connectivity index (χ3v) is 2.83. The van der Waals surface area contributed by atoms with Crippen molar-refractivity contribution in [1.29, 1.82) is 0 Å². The second kappa shape index (κ2) is 3.33. The number of hydrogen-bond donors (Lipinski definition) is 1. The summed E-state index contributed by atoms with van der Waals surface area (Å²) in [5, 5.41) is 9.67. The molecular weight excluding hydrogens is 221 g/mol. The summed E-state index contributed by atoms with van der Waals surface area (Å²) in [6, 6.07) is 2.41. The fourth-order valence-corrected chi connectivity index (χ4v) is 1.76. The maximum absolute atomic E-state index is 13.5. The number of hydrogen-bond acceptors (Lipinski definition) is 3. The molecule has 5 heteroatoms. The third kappa shape index (κ3) is 1.52. The Hall–Kier alpha value is -1.38. The van der Waals surface area contributed by atoms with Crippen molar-refractivity contribution >= 4 is 17.7 Å². The first-order chi connectivity index (χ1) is 7.10. The molecule has 0 saturated heterocycles. The van der Waals surface area contributed by atoms with Gasteiger partial charge in [0.2, 0.25) is 6.08 Å². The number of phenolic OH excluding ortho intramolecular Hbond substituents is 1. The van der Waals surface area contributed by atoms with Crippen molar-refractivity contribution in [3.63, 3.8) is 0 Å². The van der Waals surface area contributed by atoms with Crippen LogP contribution in [0.15, 0.2) is 17.1 Å². The summed E-state index contributed by atoms with van der Waals surface area (Å²) in [7, 11) is 0. The zero-order chi connectivity index (χ0) is 11.1. The molecule has 1 N–H and O–H groups in total. The minimum absolute atomic E-state index is 0.00153. The summed E-state index contributed by atoms with van der Waals surface area (Å²) in [5.74, 6) is -0.943. The number of carbonyl (C=O) groups excluding carboxylic acids is 1.